The maximum atomic E-state index is 5.79. The highest BCUT2D eigenvalue weighted by molar-refractivity contribution is 6.31. The number of halogens is 2. The summed E-state index contributed by atoms with van der Waals surface area (Å²) in [6.45, 7) is 3.06. The van der Waals surface area contributed by atoms with Crippen LogP contribution in [0.1, 0.15) is 6.92 Å². The average molecular weight is 334 g/mol. The quantitative estimate of drug-likeness (QED) is 0.691. The molecule has 0 fully saturated rings. The maximum Gasteiger partial charge on any atom is 0.443 e. The van der Waals surface area contributed by atoms with Crippen molar-refractivity contribution in [1.29, 1.82) is 0 Å². The van der Waals surface area contributed by atoms with Gasteiger partial charge in [0.05, 0.1) is 12.4 Å². The topological polar surface area (TPSA) is 46.4 Å². The number of aryl methyl sites for hydroxylation is 1. The monoisotopic (exact) mass is 333 g/mol. The highest BCUT2D eigenvalue weighted by atomic mass is 35.5. The molecule has 3 rings (SSSR count). The van der Waals surface area contributed by atoms with Crippen LogP contribution in [-0.4, -0.2) is 15.0 Å². The molecule has 0 saturated carbocycles. The highest BCUT2D eigenvalue weighted by Crippen LogP contribution is 2.16. The number of pyridine rings is 2. The number of rotatable bonds is 3. The first kappa shape index (κ1) is 14.8. The Morgan fingerprint density at radius 1 is 0.818 bits per heavy atom. The van der Waals surface area contributed by atoms with E-state index in [9.17, 15) is 0 Å². The molecule has 0 amide bonds. The van der Waals surface area contributed by atoms with Gasteiger partial charge in [0.25, 0.3) is 0 Å². The first-order valence-corrected chi connectivity index (χ1v) is 7.49. The van der Waals surface area contributed by atoms with Gasteiger partial charge in [-0.1, -0.05) is 0 Å². The van der Waals surface area contributed by atoms with Gasteiger partial charge in [0, 0.05) is 12.1 Å². The smallest absolute Gasteiger partial charge is 0.206 e. The third-order valence-corrected chi connectivity index (χ3v) is 3.56. The summed E-state index contributed by atoms with van der Waals surface area (Å²) in [6.07, 6.45) is 7.83. The Morgan fingerprint density at radius 3 is 1.82 bits per heavy atom. The predicted octanol–water partition coefficient (Wildman–Crippen LogP) is 2.43. The van der Waals surface area contributed by atoms with Crippen molar-refractivity contribution in [2.75, 3.05) is 0 Å². The van der Waals surface area contributed by atoms with Gasteiger partial charge in [-0.05, 0) is 63.4 Å². The fourth-order valence-corrected chi connectivity index (χ4v) is 2.40. The molecular weight excluding hydrogens is 321 g/mol. The second-order valence-electron chi connectivity index (χ2n) is 4.58. The predicted molar refractivity (Wildman–Crippen MR) is 82.7 cm³/mol. The van der Waals surface area contributed by atoms with Crippen LogP contribution in [-0.2, 0) is 6.54 Å². The minimum Gasteiger partial charge on any atom is -0.206 e. The lowest BCUT2D eigenvalue weighted by Crippen LogP contribution is -2.32. The van der Waals surface area contributed by atoms with Gasteiger partial charge in [-0.2, -0.15) is 4.98 Å². The van der Waals surface area contributed by atoms with Crippen molar-refractivity contribution in [3.63, 3.8) is 0 Å². The van der Waals surface area contributed by atoms with E-state index in [1.54, 1.807) is 4.57 Å². The molecule has 0 saturated heterocycles. The van der Waals surface area contributed by atoms with E-state index in [-0.39, 0.29) is 10.6 Å². The highest BCUT2D eigenvalue weighted by Gasteiger charge is 2.15. The second kappa shape index (κ2) is 6.34. The summed E-state index contributed by atoms with van der Waals surface area (Å²) in [4.78, 5) is 11.8. The maximum absolute atomic E-state index is 5.79. The Labute approximate surface area is 137 Å². The van der Waals surface area contributed by atoms with E-state index < -0.39 is 0 Å². The van der Waals surface area contributed by atoms with E-state index >= 15 is 0 Å². The molecule has 0 N–H and O–H groups in total. The van der Waals surface area contributed by atoms with Gasteiger partial charge in [0.2, 0.25) is 0 Å². The minimum atomic E-state index is 0.0683. The number of aromatic nitrogens is 5. The van der Waals surface area contributed by atoms with Gasteiger partial charge in [0.15, 0.2) is 12.4 Å². The van der Waals surface area contributed by atoms with Gasteiger partial charge in [-0.25, -0.2) is 9.13 Å². The molecule has 0 radical (unpaired) electrons. The average Bonchev–Trinajstić information content (AvgIpc) is 2.54. The Morgan fingerprint density at radius 2 is 1.32 bits per heavy atom. The van der Waals surface area contributed by atoms with E-state index in [1.807, 2.05) is 24.5 Å². The summed E-state index contributed by atoms with van der Waals surface area (Å²) in [5, 5.41) is 0.137. The van der Waals surface area contributed by atoms with Crippen LogP contribution >= 0.6 is 23.2 Å². The van der Waals surface area contributed by atoms with E-state index in [4.69, 9.17) is 23.2 Å². The van der Waals surface area contributed by atoms with Crippen LogP contribution in [0.3, 0.4) is 0 Å². The molecule has 3 aromatic rings. The van der Waals surface area contributed by atoms with Crippen LogP contribution in [0.4, 0.5) is 0 Å². The van der Waals surface area contributed by atoms with Crippen LogP contribution in [0.2, 0.25) is 10.6 Å². The largest absolute Gasteiger partial charge is 0.443 e. The number of hydrogen-bond acceptors (Lipinski definition) is 3. The molecule has 0 aliphatic rings. The van der Waals surface area contributed by atoms with Crippen LogP contribution in [0.25, 0.3) is 17.1 Å². The van der Waals surface area contributed by atoms with Crippen molar-refractivity contribution >= 4 is 23.2 Å². The molecule has 0 aliphatic heterocycles. The zero-order chi connectivity index (χ0) is 15.5. The van der Waals surface area contributed by atoms with Gasteiger partial charge >= 0.3 is 16.5 Å². The molecule has 0 aliphatic carbocycles. The SMILES string of the molecule is CC[n+]1ccc(-c2cc[n+](-c3nc(Cl)nc(Cl)n3)cc2)cc1. The lowest BCUT2D eigenvalue weighted by molar-refractivity contribution is -0.693. The van der Waals surface area contributed by atoms with E-state index in [2.05, 4.69) is 51.0 Å². The minimum absolute atomic E-state index is 0.0683. The third-order valence-electron chi connectivity index (χ3n) is 3.22. The van der Waals surface area contributed by atoms with Gasteiger partial charge in [0.1, 0.15) is 6.54 Å². The fraction of sp³-hybridized carbons (Fsp3) is 0.133. The summed E-state index contributed by atoms with van der Waals surface area (Å²) >= 11 is 11.6. The van der Waals surface area contributed by atoms with E-state index in [0.29, 0.717) is 5.95 Å². The summed E-state index contributed by atoms with van der Waals surface area (Å²) in [6, 6.07) is 8.13. The second-order valence-corrected chi connectivity index (χ2v) is 5.26. The molecule has 0 atom stereocenters. The number of hydrogen-bond donors (Lipinski definition) is 0. The molecule has 7 heteroatoms. The van der Waals surface area contributed by atoms with Crippen molar-refractivity contribution < 1.29 is 9.13 Å². The van der Waals surface area contributed by atoms with Crippen molar-refractivity contribution in [3.05, 3.63) is 59.6 Å². The Kier molecular flexibility index (Phi) is 4.27. The first-order valence-electron chi connectivity index (χ1n) is 6.74. The molecule has 22 heavy (non-hydrogen) atoms. The third kappa shape index (κ3) is 3.21. The van der Waals surface area contributed by atoms with Crippen LogP contribution < -0.4 is 9.13 Å². The molecule has 3 heterocycles. The van der Waals surface area contributed by atoms with Crippen LogP contribution in [0, 0.1) is 0 Å². The molecule has 3 aromatic heterocycles. The zero-order valence-electron chi connectivity index (χ0n) is 11.8. The van der Waals surface area contributed by atoms with Crippen LogP contribution in [0.5, 0.6) is 0 Å². The Balaban J connectivity index is 1.91. The summed E-state index contributed by atoms with van der Waals surface area (Å²) in [5.41, 5.74) is 2.24. The fourth-order valence-electron chi connectivity index (χ4n) is 2.04. The molecule has 0 spiro atoms. The normalized spacial score (nSPS) is 10.7. The standard InChI is InChI=1S/C15H13Cl2N5/c1-2-21-7-3-11(4-8-21)12-5-9-22(10-6-12)15-19-13(16)18-14(17)20-15/h3-10H,2H2,1H3/q+2. The van der Waals surface area contributed by atoms with Crippen molar-refractivity contribution in [1.82, 2.24) is 15.0 Å². The lowest BCUT2D eigenvalue weighted by Gasteiger charge is -2.01. The first-order chi connectivity index (χ1) is 10.7. The van der Waals surface area contributed by atoms with E-state index in [0.717, 1.165) is 17.7 Å². The summed E-state index contributed by atoms with van der Waals surface area (Å²) < 4.78 is 3.85. The molecule has 5 nitrogen and oxygen atoms in total. The van der Waals surface area contributed by atoms with Crippen molar-refractivity contribution in [2.24, 2.45) is 0 Å². The summed E-state index contributed by atoms with van der Waals surface area (Å²) in [5.74, 6) is 0.383. The van der Waals surface area contributed by atoms with Crippen molar-refractivity contribution in [2.45, 2.75) is 13.5 Å². The Bertz CT molecular complexity index is 768. The van der Waals surface area contributed by atoms with Crippen LogP contribution in [0.15, 0.2) is 49.1 Å². The van der Waals surface area contributed by atoms with Gasteiger partial charge in [-0.15, -0.1) is 0 Å². The molecule has 0 bridgehead atoms. The van der Waals surface area contributed by atoms with E-state index in [1.165, 1.54) is 0 Å². The zero-order valence-corrected chi connectivity index (χ0v) is 13.3. The van der Waals surface area contributed by atoms with Gasteiger partial charge in [-0.3, -0.25) is 0 Å². The summed E-state index contributed by atoms with van der Waals surface area (Å²) in [7, 11) is 0. The van der Waals surface area contributed by atoms with Crippen molar-refractivity contribution in [3.8, 4) is 17.1 Å². The lowest BCUT2D eigenvalue weighted by atomic mass is 10.1. The molecule has 110 valence electrons. The number of nitrogens with zero attached hydrogens (tertiary/aromatic N) is 5. The molecular formula is C15H13Cl2N5+2. The molecule has 0 unspecified atom stereocenters. The molecule has 0 aromatic carbocycles. The Hall–Kier alpha value is -2.11. The van der Waals surface area contributed by atoms with Gasteiger partial charge < -0.3 is 0 Å².